The summed E-state index contributed by atoms with van der Waals surface area (Å²) in [5, 5.41) is 13.5. The Morgan fingerprint density at radius 2 is 1.74 bits per heavy atom. The van der Waals surface area contributed by atoms with E-state index >= 15 is 0 Å². The number of phenols is 1. The molecule has 1 aliphatic heterocycles. The SMILES string of the molecule is CC.Oc1cc(Br)c2c(c1)CCc1cc(Br)cnc1C(C1CCNCC1)C2. The van der Waals surface area contributed by atoms with Gasteiger partial charge in [0.1, 0.15) is 5.75 Å². The van der Waals surface area contributed by atoms with Crippen LogP contribution in [0.25, 0.3) is 0 Å². The molecular weight excluding hydrogens is 468 g/mol. The molecule has 2 heterocycles. The number of aryl methyl sites for hydroxylation is 2. The van der Waals surface area contributed by atoms with E-state index in [-0.39, 0.29) is 0 Å². The normalized spacial score (nSPS) is 19.8. The van der Waals surface area contributed by atoms with Crippen LogP contribution in [0, 0.1) is 5.92 Å². The number of phenolic OH excluding ortho intramolecular Hbond substituents is 1. The van der Waals surface area contributed by atoms with E-state index in [2.05, 4.69) is 43.2 Å². The van der Waals surface area contributed by atoms with Gasteiger partial charge in [-0.3, -0.25) is 4.98 Å². The number of hydrogen-bond donors (Lipinski definition) is 2. The molecule has 0 amide bonds. The average molecular weight is 496 g/mol. The van der Waals surface area contributed by atoms with Crippen molar-refractivity contribution in [3.8, 4) is 5.75 Å². The van der Waals surface area contributed by atoms with Crippen molar-refractivity contribution < 1.29 is 5.11 Å². The van der Waals surface area contributed by atoms with Crippen LogP contribution in [0.5, 0.6) is 5.75 Å². The summed E-state index contributed by atoms with van der Waals surface area (Å²) < 4.78 is 2.08. The zero-order valence-corrected chi connectivity index (χ0v) is 19.2. The molecule has 3 nitrogen and oxygen atoms in total. The minimum atomic E-state index is 0.345. The van der Waals surface area contributed by atoms with Gasteiger partial charge in [-0.05, 0) is 102 Å². The topological polar surface area (TPSA) is 45.2 Å². The molecule has 2 N–H and O–H groups in total. The maximum absolute atomic E-state index is 10.0. The van der Waals surface area contributed by atoms with Crippen molar-refractivity contribution in [2.75, 3.05) is 13.1 Å². The van der Waals surface area contributed by atoms with Gasteiger partial charge in [-0.25, -0.2) is 0 Å². The Bertz CT molecular complexity index is 788. The number of nitrogens with zero attached hydrogens (tertiary/aromatic N) is 1. The van der Waals surface area contributed by atoms with Crippen LogP contribution in [-0.4, -0.2) is 23.2 Å². The van der Waals surface area contributed by atoms with Crippen LogP contribution < -0.4 is 5.32 Å². The van der Waals surface area contributed by atoms with Gasteiger partial charge in [-0.1, -0.05) is 29.8 Å². The van der Waals surface area contributed by atoms with Crippen LogP contribution in [0.3, 0.4) is 0 Å². The summed E-state index contributed by atoms with van der Waals surface area (Å²) in [5.74, 6) is 1.43. The van der Waals surface area contributed by atoms with Gasteiger partial charge in [0.15, 0.2) is 0 Å². The zero-order valence-electron chi connectivity index (χ0n) is 16.1. The fourth-order valence-corrected chi connectivity index (χ4v) is 5.41. The molecule has 1 aromatic carbocycles. The third-order valence-electron chi connectivity index (χ3n) is 5.63. The van der Waals surface area contributed by atoms with Gasteiger partial charge >= 0.3 is 0 Å². The lowest BCUT2D eigenvalue weighted by Gasteiger charge is -2.33. The molecule has 1 saturated heterocycles. The van der Waals surface area contributed by atoms with E-state index in [0.717, 1.165) is 41.3 Å². The van der Waals surface area contributed by atoms with Crippen molar-refractivity contribution in [3.05, 3.63) is 55.7 Å². The number of pyridine rings is 1. The van der Waals surface area contributed by atoms with Crippen LogP contribution in [-0.2, 0) is 19.3 Å². The van der Waals surface area contributed by atoms with Crippen LogP contribution in [0.15, 0.2) is 33.3 Å². The first kappa shape index (κ1) is 20.8. The molecule has 2 aromatic rings. The zero-order chi connectivity index (χ0) is 19.4. The van der Waals surface area contributed by atoms with Crippen LogP contribution in [0.4, 0.5) is 0 Å². The standard InChI is InChI=1S/C20H22Br2N2O.C2H6/c21-15-7-14-2-1-13-8-16(25)9-19(22)17(13)10-18(20(14)24-11-15)12-3-5-23-6-4-12;1-2/h7-9,11-12,18,23,25H,1-6,10H2;1-2H3. The highest BCUT2D eigenvalue weighted by molar-refractivity contribution is 9.10. The van der Waals surface area contributed by atoms with Crippen molar-refractivity contribution in [1.29, 1.82) is 0 Å². The molecule has 2 aliphatic rings. The van der Waals surface area contributed by atoms with E-state index in [9.17, 15) is 5.11 Å². The first-order valence-corrected chi connectivity index (χ1v) is 11.6. The molecule has 0 saturated carbocycles. The number of benzene rings is 1. The van der Waals surface area contributed by atoms with E-state index in [4.69, 9.17) is 4.98 Å². The summed E-state index contributed by atoms with van der Waals surface area (Å²) in [7, 11) is 0. The van der Waals surface area contributed by atoms with Gasteiger partial charge < -0.3 is 10.4 Å². The molecular formula is C22H28Br2N2O. The number of rotatable bonds is 1. The van der Waals surface area contributed by atoms with Crippen molar-refractivity contribution in [3.63, 3.8) is 0 Å². The minimum absolute atomic E-state index is 0.345. The molecule has 4 rings (SSSR count). The summed E-state index contributed by atoms with van der Waals surface area (Å²) >= 11 is 7.28. The molecule has 0 radical (unpaired) electrons. The Morgan fingerprint density at radius 3 is 2.48 bits per heavy atom. The number of piperidine rings is 1. The van der Waals surface area contributed by atoms with Crippen molar-refractivity contribution in [1.82, 2.24) is 10.3 Å². The molecule has 0 bridgehead atoms. The monoisotopic (exact) mass is 494 g/mol. The summed E-state index contributed by atoms with van der Waals surface area (Å²) in [6, 6.07) is 6.01. The fraction of sp³-hybridized carbons (Fsp3) is 0.500. The molecule has 27 heavy (non-hydrogen) atoms. The van der Waals surface area contributed by atoms with Crippen molar-refractivity contribution in [2.24, 2.45) is 5.92 Å². The number of aromatic hydroxyl groups is 1. The highest BCUT2D eigenvalue weighted by Gasteiger charge is 2.31. The lowest BCUT2D eigenvalue weighted by molar-refractivity contribution is 0.309. The summed E-state index contributed by atoms with van der Waals surface area (Å²) in [4.78, 5) is 4.87. The van der Waals surface area contributed by atoms with Crippen molar-refractivity contribution >= 4 is 31.9 Å². The van der Waals surface area contributed by atoms with E-state index in [1.54, 1.807) is 0 Å². The van der Waals surface area contributed by atoms with Crippen LogP contribution in [0.2, 0.25) is 0 Å². The van der Waals surface area contributed by atoms with Crippen LogP contribution >= 0.6 is 31.9 Å². The highest BCUT2D eigenvalue weighted by atomic mass is 79.9. The van der Waals surface area contributed by atoms with E-state index in [0.29, 0.717) is 17.6 Å². The van der Waals surface area contributed by atoms with E-state index < -0.39 is 0 Å². The van der Waals surface area contributed by atoms with Gasteiger partial charge in [-0.2, -0.15) is 0 Å². The molecule has 1 fully saturated rings. The third-order valence-corrected chi connectivity index (χ3v) is 6.77. The second-order valence-electron chi connectivity index (χ2n) is 7.16. The summed E-state index contributed by atoms with van der Waals surface area (Å²) in [6.45, 7) is 6.19. The quantitative estimate of drug-likeness (QED) is 0.528. The predicted octanol–water partition coefficient (Wildman–Crippen LogP) is 5.76. The van der Waals surface area contributed by atoms with Crippen molar-refractivity contribution in [2.45, 2.75) is 51.9 Å². The molecule has 1 aromatic heterocycles. The Kier molecular flexibility index (Phi) is 7.35. The molecule has 1 atom stereocenters. The van der Waals surface area contributed by atoms with Gasteiger partial charge in [0.05, 0.1) is 0 Å². The first-order chi connectivity index (χ1) is 13.1. The summed E-state index contributed by atoms with van der Waals surface area (Å²) in [6.07, 6.45) is 7.24. The maximum Gasteiger partial charge on any atom is 0.116 e. The highest BCUT2D eigenvalue weighted by Crippen LogP contribution is 2.40. The molecule has 1 unspecified atom stereocenters. The lowest BCUT2D eigenvalue weighted by Crippen LogP contribution is -2.32. The molecule has 0 spiro atoms. The van der Waals surface area contributed by atoms with Crippen LogP contribution in [0.1, 0.15) is 55.0 Å². The lowest BCUT2D eigenvalue weighted by atomic mass is 9.75. The Balaban J connectivity index is 0.00000102. The van der Waals surface area contributed by atoms with Gasteiger partial charge in [-0.15, -0.1) is 0 Å². The fourth-order valence-electron chi connectivity index (χ4n) is 4.38. The summed E-state index contributed by atoms with van der Waals surface area (Å²) in [5.41, 5.74) is 5.23. The number of nitrogens with one attached hydrogen (secondary N) is 1. The Hall–Kier alpha value is -0.910. The number of halogens is 2. The smallest absolute Gasteiger partial charge is 0.116 e. The van der Waals surface area contributed by atoms with Gasteiger partial charge in [0, 0.05) is 26.8 Å². The van der Waals surface area contributed by atoms with Gasteiger partial charge in [0.2, 0.25) is 0 Å². The Labute approximate surface area is 179 Å². The van der Waals surface area contributed by atoms with Gasteiger partial charge in [0.25, 0.3) is 0 Å². The Morgan fingerprint density at radius 1 is 1.04 bits per heavy atom. The molecule has 146 valence electrons. The molecule has 1 aliphatic carbocycles. The third kappa shape index (κ3) is 4.75. The largest absolute Gasteiger partial charge is 0.508 e. The molecule has 5 heteroatoms. The number of hydrogen-bond acceptors (Lipinski definition) is 3. The first-order valence-electron chi connectivity index (χ1n) is 9.97. The van der Waals surface area contributed by atoms with E-state index in [1.165, 1.54) is 35.2 Å². The minimum Gasteiger partial charge on any atom is -0.508 e. The number of aromatic nitrogens is 1. The predicted molar refractivity (Wildman–Crippen MR) is 119 cm³/mol. The average Bonchev–Trinajstić information content (AvgIpc) is 2.67. The second-order valence-corrected chi connectivity index (χ2v) is 8.93. The number of fused-ring (bicyclic) bond motifs is 2. The second kappa shape index (κ2) is 9.53. The van der Waals surface area contributed by atoms with E-state index in [1.807, 2.05) is 32.2 Å². The maximum atomic E-state index is 10.0.